The van der Waals surface area contributed by atoms with Crippen molar-refractivity contribution in [1.82, 2.24) is 10.6 Å². The largest absolute Gasteiger partial charge is 0.508 e. The molecule has 20 heavy (non-hydrogen) atoms. The van der Waals surface area contributed by atoms with Crippen LogP contribution in [-0.2, 0) is 10.3 Å². The predicted octanol–water partition coefficient (Wildman–Crippen LogP) is 1.46. The van der Waals surface area contributed by atoms with E-state index in [0.29, 0.717) is 5.56 Å². The van der Waals surface area contributed by atoms with Gasteiger partial charge in [0.05, 0.1) is 0 Å². The third-order valence-electron chi connectivity index (χ3n) is 3.90. The maximum absolute atomic E-state index is 12.4. The van der Waals surface area contributed by atoms with Crippen LogP contribution < -0.4 is 10.6 Å². The molecule has 0 aromatic heterocycles. The van der Waals surface area contributed by atoms with Gasteiger partial charge in [-0.25, -0.2) is 4.79 Å². The highest BCUT2D eigenvalue weighted by Crippen LogP contribution is 2.49. The fourth-order valence-corrected chi connectivity index (χ4v) is 3.10. The lowest BCUT2D eigenvalue weighted by Crippen LogP contribution is -2.43. The predicted molar refractivity (Wildman–Crippen MR) is 71.0 cm³/mol. The number of phenols is 1. The minimum atomic E-state index is -1.23. The van der Waals surface area contributed by atoms with Gasteiger partial charge in [-0.3, -0.25) is 10.1 Å². The number of hydrogen-bond acceptors (Lipinski definition) is 3. The third-order valence-corrected chi connectivity index (χ3v) is 3.90. The Morgan fingerprint density at radius 2 is 1.70 bits per heavy atom. The number of carbonyl (C=O) groups is 2. The van der Waals surface area contributed by atoms with E-state index in [1.807, 2.05) is 24.3 Å². The average Bonchev–Trinajstić information content (AvgIpc) is 2.88. The molecule has 98 valence electrons. The van der Waals surface area contributed by atoms with Crippen LogP contribution in [0.1, 0.15) is 11.1 Å². The van der Waals surface area contributed by atoms with E-state index in [0.717, 1.165) is 16.7 Å². The van der Waals surface area contributed by atoms with Crippen molar-refractivity contribution in [3.63, 3.8) is 0 Å². The Kier molecular flexibility index (Phi) is 1.87. The molecule has 4 rings (SSSR count). The Hall–Kier alpha value is -2.82. The summed E-state index contributed by atoms with van der Waals surface area (Å²) in [7, 11) is 0. The van der Waals surface area contributed by atoms with Gasteiger partial charge in [0.2, 0.25) is 0 Å². The van der Waals surface area contributed by atoms with Gasteiger partial charge >= 0.3 is 6.03 Å². The number of aromatic hydroxyl groups is 1. The lowest BCUT2D eigenvalue weighted by molar-refractivity contribution is -0.122. The van der Waals surface area contributed by atoms with Crippen molar-refractivity contribution in [3.05, 3.63) is 53.6 Å². The van der Waals surface area contributed by atoms with E-state index in [4.69, 9.17) is 0 Å². The van der Waals surface area contributed by atoms with Crippen LogP contribution in [0.4, 0.5) is 4.79 Å². The van der Waals surface area contributed by atoms with Crippen LogP contribution in [0.25, 0.3) is 11.1 Å². The van der Waals surface area contributed by atoms with Crippen molar-refractivity contribution in [3.8, 4) is 16.9 Å². The molecule has 0 radical (unpaired) electrons. The molecule has 1 heterocycles. The van der Waals surface area contributed by atoms with Gasteiger partial charge in [0, 0.05) is 5.56 Å². The van der Waals surface area contributed by atoms with Crippen LogP contribution in [-0.4, -0.2) is 17.0 Å². The molecular weight excluding hydrogens is 256 g/mol. The molecule has 1 aliphatic carbocycles. The number of benzene rings is 2. The van der Waals surface area contributed by atoms with Crippen molar-refractivity contribution < 1.29 is 14.7 Å². The Labute approximate surface area is 114 Å². The van der Waals surface area contributed by atoms with Gasteiger partial charge in [-0.1, -0.05) is 30.3 Å². The number of phenolic OH excluding ortho intramolecular Hbond substituents is 1. The first-order valence-corrected chi connectivity index (χ1v) is 6.20. The molecule has 0 saturated carbocycles. The molecule has 3 N–H and O–H groups in total. The Balaban J connectivity index is 2.12. The average molecular weight is 266 g/mol. The van der Waals surface area contributed by atoms with Crippen molar-refractivity contribution in [2.24, 2.45) is 0 Å². The van der Waals surface area contributed by atoms with Gasteiger partial charge in [-0.2, -0.15) is 0 Å². The molecule has 5 nitrogen and oxygen atoms in total. The second kappa shape index (κ2) is 3.39. The minimum Gasteiger partial charge on any atom is -0.508 e. The van der Waals surface area contributed by atoms with Crippen LogP contribution >= 0.6 is 0 Å². The Bertz CT molecular complexity index is 784. The van der Waals surface area contributed by atoms with Crippen LogP contribution in [0.3, 0.4) is 0 Å². The number of amides is 3. The number of carbonyl (C=O) groups excluding carboxylic acids is 2. The molecule has 1 atom stereocenters. The number of rotatable bonds is 0. The summed E-state index contributed by atoms with van der Waals surface area (Å²) in [5, 5.41) is 14.7. The van der Waals surface area contributed by atoms with Crippen LogP contribution in [0, 0.1) is 0 Å². The molecule has 3 amide bonds. The highest BCUT2D eigenvalue weighted by Gasteiger charge is 2.54. The van der Waals surface area contributed by atoms with Gasteiger partial charge in [0.1, 0.15) is 5.75 Å². The minimum absolute atomic E-state index is 0.0601. The SMILES string of the molecule is O=C1NC(=O)C2(N1)c1ccccc1-c1ccc(O)cc12. The molecule has 1 fully saturated rings. The van der Waals surface area contributed by atoms with Gasteiger partial charge in [-0.05, 0) is 28.8 Å². The molecular formula is C15H10N2O3. The summed E-state index contributed by atoms with van der Waals surface area (Å²) in [6, 6.07) is 11.8. The molecule has 2 aromatic rings. The summed E-state index contributed by atoms with van der Waals surface area (Å²) in [4.78, 5) is 24.0. The first-order chi connectivity index (χ1) is 9.63. The summed E-state index contributed by atoms with van der Waals surface area (Å²) >= 11 is 0. The molecule has 1 spiro atoms. The van der Waals surface area contributed by atoms with Gasteiger partial charge < -0.3 is 10.4 Å². The molecule has 1 saturated heterocycles. The zero-order valence-corrected chi connectivity index (χ0v) is 10.3. The van der Waals surface area contributed by atoms with E-state index >= 15 is 0 Å². The van der Waals surface area contributed by atoms with Gasteiger partial charge in [0.15, 0.2) is 5.54 Å². The first kappa shape index (κ1) is 11.0. The van der Waals surface area contributed by atoms with Crippen LogP contribution in [0.15, 0.2) is 42.5 Å². The summed E-state index contributed by atoms with van der Waals surface area (Å²) < 4.78 is 0. The number of urea groups is 1. The Morgan fingerprint density at radius 3 is 2.45 bits per heavy atom. The number of fused-ring (bicyclic) bond motifs is 5. The smallest absolute Gasteiger partial charge is 0.322 e. The molecule has 5 heteroatoms. The fraction of sp³-hybridized carbons (Fsp3) is 0.0667. The van der Waals surface area contributed by atoms with Crippen LogP contribution in [0.2, 0.25) is 0 Å². The topological polar surface area (TPSA) is 78.4 Å². The number of hydrogen-bond donors (Lipinski definition) is 3. The lowest BCUT2D eigenvalue weighted by Gasteiger charge is -2.23. The highest BCUT2D eigenvalue weighted by molar-refractivity contribution is 6.13. The first-order valence-electron chi connectivity index (χ1n) is 6.20. The van der Waals surface area contributed by atoms with Crippen molar-refractivity contribution in [1.29, 1.82) is 0 Å². The van der Waals surface area contributed by atoms with E-state index in [1.165, 1.54) is 6.07 Å². The molecule has 1 unspecified atom stereocenters. The van der Waals surface area contributed by atoms with Crippen molar-refractivity contribution in [2.45, 2.75) is 5.54 Å². The zero-order chi connectivity index (χ0) is 13.9. The summed E-state index contributed by atoms with van der Waals surface area (Å²) in [5.74, 6) is -0.357. The van der Waals surface area contributed by atoms with Gasteiger partial charge in [-0.15, -0.1) is 0 Å². The highest BCUT2D eigenvalue weighted by atomic mass is 16.3. The number of imide groups is 1. The van der Waals surface area contributed by atoms with E-state index < -0.39 is 17.5 Å². The zero-order valence-electron chi connectivity index (χ0n) is 10.3. The van der Waals surface area contributed by atoms with E-state index in [9.17, 15) is 14.7 Å². The summed E-state index contributed by atoms with van der Waals surface area (Å²) in [6.07, 6.45) is 0. The Morgan fingerprint density at radius 1 is 0.950 bits per heavy atom. The maximum atomic E-state index is 12.4. The number of nitrogens with one attached hydrogen (secondary N) is 2. The monoisotopic (exact) mass is 266 g/mol. The van der Waals surface area contributed by atoms with Gasteiger partial charge in [0.25, 0.3) is 5.91 Å². The molecule has 2 aliphatic rings. The second-order valence-electron chi connectivity index (χ2n) is 4.93. The fourth-order valence-electron chi connectivity index (χ4n) is 3.10. The maximum Gasteiger partial charge on any atom is 0.322 e. The third kappa shape index (κ3) is 1.12. The quantitative estimate of drug-likeness (QED) is 0.632. The van der Waals surface area contributed by atoms with Crippen molar-refractivity contribution >= 4 is 11.9 Å². The molecule has 0 bridgehead atoms. The van der Waals surface area contributed by atoms with E-state index in [-0.39, 0.29) is 5.75 Å². The summed E-state index contributed by atoms with van der Waals surface area (Å²) in [5.41, 5.74) is 1.82. The summed E-state index contributed by atoms with van der Waals surface area (Å²) in [6.45, 7) is 0. The van der Waals surface area contributed by atoms with Crippen LogP contribution in [0.5, 0.6) is 5.75 Å². The molecule has 2 aromatic carbocycles. The normalized spacial score (nSPS) is 22.4. The van der Waals surface area contributed by atoms with Crippen molar-refractivity contribution in [2.75, 3.05) is 0 Å². The van der Waals surface area contributed by atoms with E-state index in [2.05, 4.69) is 10.6 Å². The molecule has 1 aliphatic heterocycles. The second-order valence-corrected chi connectivity index (χ2v) is 4.93. The van der Waals surface area contributed by atoms with E-state index in [1.54, 1.807) is 12.1 Å². The standard InChI is InChI=1S/C15H10N2O3/c18-8-5-6-10-9-3-1-2-4-11(9)15(12(10)7-8)13(19)16-14(20)17-15/h1-7,18H,(H2,16,17,19,20). The lowest BCUT2D eigenvalue weighted by atomic mass is 9.87.